The highest BCUT2D eigenvalue weighted by Crippen LogP contribution is 2.18. The highest BCUT2D eigenvalue weighted by molar-refractivity contribution is 5.95. The first kappa shape index (κ1) is 13.8. The summed E-state index contributed by atoms with van der Waals surface area (Å²) in [5, 5.41) is 10.6. The van der Waals surface area contributed by atoms with Crippen LogP contribution in [0.4, 0.5) is 10.1 Å². The van der Waals surface area contributed by atoms with Gasteiger partial charge in [0.1, 0.15) is 5.82 Å². The normalized spacial score (nSPS) is 9.94. The van der Waals surface area contributed by atoms with Crippen LogP contribution in [0.2, 0.25) is 0 Å². The monoisotopic (exact) mass is 252 g/mol. The topological polar surface area (TPSA) is 63.5 Å². The SMILES string of the molecule is C=C(C)CN(C)C(=O)c1cc([N+](=O)[O-])ccc1F. The van der Waals surface area contributed by atoms with Crippen LogP contribution in [0.5, 0.6) is 0 Å². The number of amides is 1. The molecule has 5 nitrogen and oxygen atoms in total. The molecule has 1 rings (SSSR count). The van der Waals surface area contributed by atoms with Crippen LogP contribution in [0.25, 0.3) is 0 Å². The second kappa shape index (κ2) is 5.39. The molecule has 0 radical (unpaired) electrons. The van der Waals surface area contributed by atoms with Gasteiger partial charge < -0.3 is 4.90 Å². The van der Waals surface area contributed by atoms with E-state index in [9.17, 15) is 19.3 Å². The van der Waals surface area contributed by atoms with Gasteiger partial charge in [0, 0.05) is 25.7 Å². The Kier molecular flexibility index (Phi) is 4.14. The number of non-ortho nitro benzene ring substituents is 1. The van der Waals surface area contributed by atoms with Crippen molar-refractivity contribution in [2.24, 2.45) is 0 Å². The zero-order chi connectivity index (χ0) is 13.9. The Balaban J connectivity index is 3.08. The van der Waals surface area contributed by atoms with Crippen LogP contribution in [0, 0.1) is 15.9 Å². The van der Waals surface area contributed by atoms with Crippen LogP contribution in [0.1, 0.15) is 17.3 Å². The summed E-state index contributed by atoms with van der Waals surface area (Å²) in [6.45, 7) is 5.64. The number of benzene rings is 1. The number of carbonyl (C=O) groups is 1. The van der Waals surface area contributed by atoms with Gasteiger partial charge in [-0.2, -0.15) is 0 Å². The first-order valence-electron chi connectivity index (χ1n) is 5.16. The second-order valence-electron chi connectivity index (χ2n) is 4.04. The molecule has 0 saturated heterocycles. The van der Waals surface area contributed by atoms with Crippen LogP contribution in [0.15, 0.2) is 30.4 Å². The molecule has 0 aliphatic rings. The van der Waals surface area contributed by atoms with E-state index in [4.69, 9.17) is 0 Å². The molecule has 0 aromatic heterocycles. The Morgan fingerprint density at radius 3 is 2.67 bits per heavy atom. The number of carbonyl (C=O) groups excluding carboxylic acids is 1. The number of nitrogens with zero attached hydrogens (tertiary/aromatic N) is 2. The minimum atomic E-state index is -0.779. The molecule has 6 heteroatoms. The van der Waals surface area contributed by atoms with Crippen molar-refractivity contribution in [2.45, 2.75) is 6.92 Å². The molecular formula is C12H13FN2O3. The number of rotatable bonds is 4. The van der Waals surface area contributed by atoms with Crippen LogP contribution in [0.3, 0.4) is 0 Å². The fraction of sp³-hybridized carbons (Fsp3) is 0.250. The van der Waals surface area contributed by atoms with Crippen LogP contribution < -0.4 is 0 Å². The summed E-state index contributed by atoms with van der Waals surface area (Å²) in [6, 6.07) is 2.87. The van der Waals surface area contributed by atoms with Gasteiger partial charge in [0.2, 0.25) is 0 Å². The first-order valence-corrected chi connectivity index (χ1v) is 5.16. The van der Waals surface area contributed by atoms with E-state index in [0.717, 1.165) is 23.8 Å². The lowest BCUT2D eigenvalue weighted by Gasteiger charge is -2.17. The van der Waals surface area contributed by atoms with E-state index >= 15 is 0 Å². The summed E-state index contributed by atoms with van der Waals surface area (Å²) < 4.78 is 13.5. The standard InChI is InChI=1S/C12H13FN2O3/c1-8(2)7-14(3)12(16)10-6-9(15(17)18)4-5-11(10)13/h4-6H,1,7H2,2-3H3. The Labute approximate surface area is 104 Å². The average Bonchev–Trinajstić information content (AvgIpc) is 2.27. The Morgan fingerprint density at radius 2 is 2.17 bits per heavy atom. The third kappa shape index (κ3) is 3.13. The lowest BCUT2D eigenvalue weighted by Crippen LogP contribution is -2.28. The molecule has 0 spiro atoms. The smallest absolute Gasteiger partial charge is 0.270 e. The molecule has 0 unspecified atom stereocenters. The van der Waals surface area contributed by atoms with E-state index in [1.807, 2.05) is 0 Å². The number of nitro benzene ring substituents is 1. The van der Waals surface area contributed by atoms with Crippen molar-refractivity contribution in [3.05, 3.63) is 51.8 Å². The van der Waals surface area contributed by atoms with E-state index in [0.29, 0.717) is 0 Å². The number of hydrogen-bond acceptors (Lipinski definition) is 3. The van der Waals surface area contributed by atoms with E-state index < -0.39 is 16.6 Å². The number of likely N-dealkylation sites (N-methyl/N-ethyl adjacent to an activating group) is 1. The molecule has 0 aliphatic carbocycles. The predicted octanol–water partition coefficient (Wildman–Crippen LogP) is 2.38. The molecule has 0 saturated carbocycles. The van der Waals surface area contributed by atoms with E-state index in [1.54, 1.807) is 6.92 Å². The number of halogens is 1. The summed E-state index contributed by atoms with van der Waals surface area (Å²) in [4.78, 5) is 23.1. The summed E-state index contributed by atoms with van der Waals surface area (Å²) in [5.74, 6) is -1.39. The van der Waals surface area contributed by atoms with Gasteiger partial charge in [0.05, 0.1) is 10.5 Å². The van der Waals surface area contributed by atoms with Crippen molar-refractivity contribution in [1.29, 1.82) is 0 Å². The molecule has 18 heavy (non-hydrogen) atoms. The Bertz CT molecular complexity index is 514. The second-order valence-corrected chi connectivity index (χ2v) is 4.04. The van der Waals surface area contributed by atoms with Gasteiger partial charge >= 0.3 is 0 Å². The molecule has 0 N–H and O–H groups in total. The highest BCUT2D eigenvalue weighted by atomic mass is 19.1. The van der Waals surface area contributed by atoms with E-state index in [-0.39, 0.29) is 17.8 Å². The predicted molar refractivity (Wildman–Crippen MR) is 64.8 cm³/mol. The summed E-state index contributed by atoms with van der Waals surface area (Å²) in [7, 11) is 1.48. The van der Waals surface area contributed by atoms with Crippen molar-refractivity contribution >= 4 is 11.6 Å². The number of hydrogen-bond donors (Lipinski definition) is 0. The zero-order valence-corrected chi connectivity index (χ0v) is 10.1. The molecule has 0 heterocycles. The summed E-state index contributed by atoms with van der Waals surface area (Å²) >= 11 is 0. The molecule has 1 aromatic carbocycles. The van der Waals surface area contributed by atoms with Crippen molar-refractivity contribution in [2.75, 3.05) is 13.6 Å². The molecule has 96 valence electrons. The highest BCUT2D eigenvalue weighted by Gasteiger charge is 2.19. The quantitative estimate of drug-likeness (QED) is 0.469. The molecule has 1 amide bonds. The van der Waals surface area contributed by atoms with Crippen molar-refractivity contribution < 1.29 is 14.1 Å². The maximum Gasteiger partial charge on any atom is 0.270 e. The lowest BCUT2D eigenvalue weighted by molar-refractivity contribution is -0.384. The van der Waals surface area contributed by atoms with Gasteiger partial charge in [-0.1, -0.05) is 12.2 Å². The van der Waals surface area contributed by atoms with Crippen molar-refractivity contribution in [3.63, 3.8) is 0 Å². The molecule has 1 aromatic rings. The molecule has 0 atom stereocenters. The van der Waals surface area contributed by atoms with Crippen LogP contribution in [-0.4, -0.2) is 29.3 Å². The fourth-order valence-electron chi connectivity index (χ4n) is 1.47. The largest absolute Gasteiger partial charge is 0.338 e. The van der Waals surface area contributed by atoms with E-state index in [2.05, 4.69) is 6.58 Å². The minimum absolute atomic E-state index is 0.265. The maximum atomic E-state index is 13.5. The third-order valence-corrected chi connectivity index (χ3v) is 2.24. The van der Waals surface area contributed by atoms with Crippen molar-refractivity contribution in [1.82, 2.24) is 4.90 Å². The van der Waals surface area contributed by atoms with Gasteiger partial charge in [-0.15, -0.1) is 0 Å². The van der Waals surface area contributed by atoms with Crippen molar-refractivity contribution in [3.8, 4) is 0 Å². The molecule has 0 bridgehead atoms. The summed E-state index contributed by atoms with van der Waals surface area (Å²) in [5.41, 5.74) is 0.105. The van der Waals surface area contributed by atoms with Gasteiger partial charge in [-0.05, 0) is 13.0 Å². The Hall–Kier alpha value is -2.24. The third-order valence-electron chi connectivity index (χ3n) is 2.24. The van der Waals surface area contributed by atoms with Crippen LogP contribution in [-0.2, 0) is 0 Å². The first-order chi connectivity index (χ1) is 8.32. The van der Waals surface area contributed by atoms with E-state index in [1.165, 1.54) is 11.9 Å². The fourth-order valence-corrected chi connectivity index (χ4v) is 1.47. The zero-order valence-electron chi connectivity index (χ0n) is 10.1. The Morgan fingerprint density at radius 1 is 1.56 bits per heavy atom. The summed E-state index contributed by atoms with van der Waals surface area (Å²) in [6.07, 6.45) is 0. The molecule has 0 aliphatic heterocycles. The average molecular weight is 252 g/mol. The van der Waals surface area contributed by atoms with Gasteiger partial charge in [-0.3, -0.25) is 14.9 Å². The maximum absolute atomic E-state index is 13.5. The van der Waals surface area contributed by atoms with Gasteiger partial charge in [0.15, 0.2) is 0 Å². The number of nitro groups is 1. The van der Waals surface area contributed by atoms with Crippen LogP contribution >= 0.6 is 0 Å². The van der Waals surface area contributed by atoms with Gasteiger partial charge in [-0.25, -0.2) is 4.39 Å². The molecular weight excluding hydrogens is 239 g/mol. The lowest BCUT2D eigenvalue weighted by atomic mass is 10.1. The molecule has 0 fully saturated rings. The minimum Gasteiger partial charge on any atom is -0.338 e. The van der Waals surface area contributed by atoms with Gasteiger partial charge in [0.25, 0.3) is 11.6 Å².